The molecule has 0 heterocycles. The lowest BCUT2D eigenvalue weighted by Gasteiger charge is -2.08. The van der Waals surface area contributed by atoms with Gasteiger partial charge in [0.25, 0.3) is 0 Å². The average molecular weight is 364 g/mol. The van der Waals surface area contributed by atoms with Crippen molar-refractivity contribution in [2.24, 2.45) is 0 Å². The van der Waals surface area contributed by atoms with Crippen LogP contribution in [0.1, 0.15) is 16.7 Å². The van der Waals surface area contributed by atoms with Crippen LogP contribution >= 0.6 is 11.6 Å². The lowest BCUT2D eigenvalue weighted by molar-refractivity contribution is -0.137. The Morgan fingerprint density at radius 3 is 2.52 bits per heavy atom. The van der Waals surface area contributed by atoms with E-state index in [0.717, 1.165) is 6.07 Å². The molecule has 2 aromatic carbocycles. The van der Waals surface area contributed by atoms with Gasteiger partial charge in [0.05, 0.1) is 12.1 Å². The van der Waals surface area contributed by atoms with Crippen LogP contribution < -0.4 is 5.32 Å². The third-order valence-electron chi connectivity index (χ3n) is 3.13. The molecule has 0 fully saturated rings. The molecule has 0 aliphatic heterocycles. The van der Waals surface area contributed by atoms with Gasteiger partial charge in [-0.15, -0.1) is 0 Å². The van der Waals surface area contributed by atoms with Crippen LogP contribution in [0.15, 0.2) is 54.6 Å². The number of hydrogen-bond acceptors (Lipinski definition) is 1. The molecule has 0 saturated carbocycles. The first-order valence-corrected chi connectivity index (χ1v) is 7.61. The van der Waals surface area contributed by atoms with Crippen LogP contribution in [0.2, 0.25) is 5.02 Å². The van der Waals surface area contributed by atoms with Gasteiger partial charge in [-0.3, -0.25) is 4.79 Å². The molecule has 0 radical (unpaired) electrons. The lowest BCUT2D eigenvalue weighted by atomic mass is 10.1. The van der Waals surface area contributed by atoms with Crippen LogP contribution in [0.4, 0.5) is 13.2 Å². The maximum Gasteiger partial charge on any atom is 0.417 e. The maximum atomic E-state index is 12.8. The number of hydrogen-bond donors (Lipinski definition) is 1. The van der Waals surface area contributed by atoms with Crippen LogP contribution in [0.3, 0.4) is 0 Å². The standard InChI is InChI=1S/C19H13ClF3NO/c20-17-10-4-2-7-15(17)11-12-18(25)24-13-5-8-14-6-1-3-9-16(14)19(21,22)23/h1-4,6-7,9-12H,13H2,(H,24,25)/b12-11+. The number of alkyl halides is 3. The van der Waals surface area contributed by atoms with Gasteiger partial charge < -0.3 is 5.32 Å². The summed E-state index contributed by atoms with van der Waals surface area (Å²) in [6, 6.07) is 12.0. The number of nitrogens with one attached hydrogen (secondary N) is 1. The summed E-state index contributed by atoms with van der Waals surface area (Å²) in [5.74, 6) is 4.52. The summed E-state index contributed by atoms with van der Waals surface area (Å²) in [6.07, 6.45) is -1.64. The number of rotatable bonds is 3. The van der Waals surface area contributed by atoms with Gasteiger partial charge in [0.2, 0.25) is 5.91 Å². The third-order valence-corrected chi connectivity index (χ3v) is 3.47. The van der Waals surface area contributed by atoms with E-state index in [2.05, 4.69) is 17.2 Å². The Morgan fingerprint density at radius 1 is 1.12 bits per heavy atom. The Morgan fingerprint density at radius 2 is 1.80 bits per heavy atom. The van der Waals surface area contributed by atoms with Crippen molar-refractivity contribution in [2.45, 2.75) is 6.18 Å². The van der Waals surface area contributed by atoms with E-state index >= 15 is 0 Å². The molecule has 6 heteroatoms. The molecule has 1 amide bonds. The van der Waals surface area contributed by atoms with Gasteiger partial charge in [-0.05, 0) is 29.8 Å². The van der Waals surface area contributed by atoms with Gasteiger partial charge >= 0.3 is 6.18 Å². The Hall–Kier alpha value is -2.71. The zero-order valence-corrected chi connectivity index (χ0v) is 13.7. The molecule has 2 nitrogen and oxygen atoms in total. The van der Waals surface area contributed by atoms with E-state index in [1.807, 2.05) is 0 Å². The van der Waals surface area contributed by atoms with Gasteiger partial charge in [-0.25, -0.2) is 0 Å². The third kappa shape index (κ3) is 5.70. The predicted octanol–water partition coefficient (Wildman–Crippen LogP) is 4.54. The molecule has 2 rings (SSSR count). The summed E-state index contributed by atoms with van der Waals surface area (Å²) in [4.78, 5) is 11.7. The number of carbonyl (C=O) groups is 1. The molecule has 0 unspecified atom stereocenters. The largest absolute Gasteiger partial charge is 0.417 e. The van der Waals surface area contributed by atoms with E-state index in [-0.39, 0.29) is 12.1 Å². The van der Waals surface area contributed by atoms with Crippen molar-refractivity contribution in [1.29, 1.82) is 0 Å². The molecule has 0 saturated heterocycles. The molecule has 0 bridgehead atoms. The fourth-order valence-corrected chi connectivity index (χ4v) is 2.14. The summed E-state index contributed by atoms with van der Waals surface area (Å²) in [6.45, 7) is -0.0715. The zero-order chi connectivity index (χ0) is 18.3. The SMILES string of the molecule is O=C(/C=C/c1ccccc1Cl)NCC#Cc1ccccc1C(F)(F)F. The van der Waals surface area contributed by atoms with Crippen LogP contribution in [0.25, 0.3) is 6.08 Å². The normalized spacial score (nSPS) is 11.0. The molecule has 1 N–H and O–H groups in total. The molecule has 25 heavy (non-hydrogen) atoms. The predicted molar refractivity (Wildman–Crippen MR) is 91.8 cm³/mol. The second kappa shape index (κ2) is 8.41. The molecule has 0 spiro atoms. The fraction of sp³-hybridized carbons (Fsp3) is 0.105. The smallest absolute Gasteiger partial charge is 0.342 e. The maximum absolute atomic E-state index is 12.8. The van der Waals surface area contributed by atoms with Crippen molar-refractivity contribution in [3.05, 3.63) is 76.3 Å². The number of benzene rings is 2. The Kier molecular flexibility index (Phi) is 6.26. The highest BCUT2D eigenvalue weighted by atomic mass is 35.5. The summed E-state index contributed by atoms with van der Waals surface area (Å²) >= 11 is 5.96. The number of halogens is 4. The highest BCUT2D eigenvalue weighted by Gasteiger charge is 2.32. The van der Waals surface area contributed by atoms with Crippen molar-refractivity contribution in [1.82, 2.24) is 5.32 Å². The quantitative estimate of drug-likeness (QED) is 0.629. The Bertz CT molecular complexity index is 847. The minimum absolute atomic E-state index is 0.0715. The first-order valence-electron chi connectivity index (χ1n) is 7.23. The van der Waals surface area contributed by atoms with E-state index in [9.17, 15) is 18.0 Å². The van der Waals surface area contributed by atoms with E-state index in [1.54, 1.807) is 30.3 Å². The number of carbonyl (C=O) groups excluding carboxylic acids is 1. The second-order valence-electron chi connectivity index (χ2n) is 4.92. The highest BCUT2D eigenvalue weighted by Crippen LogP contribution is 2.31. The van der Waals surface area contributed by atoms with Gasteiger partial charge in [-0.1, -0.05) is 53.8 Å². The van der Waals surface area contributed by atoms with E-state index < -0.39 is 17.6 Å². The van der Waals surface area contributed by atoms with Gasteiger partial charge in [-0.2, -0.15) is 13.2 Å². The van der Waals surface area contributed by atoms with Gasteiger partial charge in [0.1, 0.15) is 0 Å². The summed E-state index contributed by atoms with van der Waals surface area (Å²) < 4.78 is 38.5. The van der Waals surface area contributed by atoms with Crippen molar-refractivity contribution in [2.75, 3.05) is 6.54 Å². The van der Waals surface area contributed by atoms with Crippen LogP contribution in [0.5, 0.6) is 0 Å². The fourth-order valence-electron chi connectivity index (χ4n) is 1.94. The first-order chi connectivity index (χ1) is 11.9. The number of amides is 1. The molecule has 0 aliphatic carbocycles. The van der Waals surface area contributed by atoms with Crippen molar-refractivity contribution < 1.29 is 18.0 Å². The molecule has 2 aromatic rings. The lowest BCUT2D eigenvalue weighted by Crippen LogP contribution is -2.21. The highest BCUT2D eigenvalue weighted by molar-refractivity contribution is 6.32. The van der Waals surface area contributed by atoms with E-state index in [1.165, 1.54) is 24.3 Å². The molecular formula is C19H13ClF3NO. The van der Waals surface area contributed by atoms with E-state index in [0.29, 0.717) is 10.6 Å². The first kappa shape index (κ1) is 18.6. The van der Waals surface area contributed by atoms with Crippen LogP contribution in [0, 0.1) is 11.8 Å². The zero-order valence-electron chi connectivity index (χ0n) is 12.9. The Labute approximate surface area is 148 Å². The molecule has 0 aromatic heterocycles. The topological polar surface area (TPSA) is 29.1 Å². The summed E-state index contributed by atoms with van der Waals surface area (Å²) in [5.41, 5.74) is -0.243. The van der Waals surface area contributed by atoms with E-state index in [4.69, 9.17) is 11.6 Å². The Balaban J connectivity index is 1.95. The monoisotopic (exact) mass is 363 g/mol. The average Bonchev–Trinajstić information content (AvgIpc) is 2.57. The summed E-state index contributed by atoms with van der Waals surface area (Å²) in [5, 5.41) is 2.99. The minimum Gasteiger partial charge on any atom is -0.342 e. The molecule has 0 aliphatic rings. The molecule has 128 valence electrons. The molecular weight excluding hydrogens is 351 g/mol. The van der Waals surface area contributed by atoms with Crippen LogP contribution in [-0.2, 0) is 11.0 Å². The summed E-state index contributed by atoms with van der Waals surface area (Å²) in [7, 11) is 0. The van der Waals surface area contributed by atoms with Crippen LogP contribution in [-0.4, -0.2) is 12.5 Å². The molecule has 0 atom stereocenters. The van der Waals surface area contributed by atoms with Crippen molar-refractivity contribution in [3.63, 3.8) is 0 Å². The van der Waals surface area contributed by atoms with Crippen molar-refractivity contribution in [3.8, 4) is 11.8 Å². The minimum atomic E-state index is -4.47. The van der Waals surface area contributed by atoms with Gasteiger partial charge in [0.15, 0.2) is 0 Å². The van der Waals surface area contributed by atoms with Gasteiger partial charge in [0, 0.05) is 16.7 Å². The van der Waals surface area contributed by atoms with Crippen molar-refractivity contribution >= 4 is 23.6 Å². The second-order valence-corrected chi connectivity index (χ2v) is 5.32.